The molecule has 0 saturated heterocycles. The highest BCUT2D eigenvalue weighted by Gasteiger charge is 2.31. The quantitative estimate of drug-likeness (QED) is 0.506. The van der Waals surface area contributed by atoms with Gasteiger partial charge < -0.3 is 15.4 Å². The predicted molar refractivity (Wildman–Crippen MR) is 112 cm³/mol. The van der Waals surface area contributed by atoms with Crippen LogP contribution in [0.15, 0.2) is 54.9 Å². The number of ether oxygens (including phenoxy) is 1. The average Bonchev–Trinajstić information content (AvgIpc) is 2.74. The van der Waals surface area contributed by atoms with Gasteiger partial charge in [-0.1, -0.05) is 25.3 Å². The molecule has 0 aliphatic heterocycles. The highest BCUT2D eigenvalue weighted by atomic mass is 19.4. The number of pyridine rings is 1. The zero-order valence-electron chi connectivity index (χ0n) is 16.7. The molecular weight excluding hydrogens is 407 g/mol. The molecule has 0 spiro atoms. The van der Waals surface area contributed by atoms with E-state index in [2.05, 4.69) is 30.3 Å². The van der Waals surface area contributed by atoms with Crippen molar-refractivity contribution < 1.29 is 17.9 Å². The summed E-state index contributed by atoms with van der Waals surface area (Å²) in [6.45, 7) is 0. The van der Waals surface area contributed by atoms with E-state index in [1.165, 1.54) is 24.6 Å². The molecule has 0 atom stereocenters. The van der Waals surface area contributed by atoms with E-state index in [0.29, 0.717) is 29.2 Å². The number of benzene rings is 1. The smallest absolute Gasteiger partial charge is 0.406 e. The van der Waals surface area contributed by atoms with Gasteiger partial charge in [0.1, 0.15) is 11.6 Å². The fraction of sp³-hybridized carbons (Fsp3) is 0.318. The Labute approximate surface area is 177 Å². The maximum atomic E-state index is 12.5. The summed E-state index contributed by atoms with van der Waals surface area (Å²) in [5.74, 6) is 0.620. The van der Waals surface area contributed by atoms with Crippen molar-refractivity contribution in [2.24, 2.45) is 0 Å². The summed E-state index contributed by atoms with van der Waals surface area (Å²) in [7, 11) is 0. The van der Waals surface area contributed by atoms with E-state index >= 15 is 0 Å². The molecule has 0 amide bonds. The largest absolute Gasteiger partial charge is 0.573 e. The Hall–Kier alpha value is -3.36. The number of alkyl halides is 3. The van der Waals surface area contributed by atoms with Gasteiger partial charge in [-0.3, -0.25) is 4.98 Å². The molecular formula is C22H22F3N5O. The number of halogens is 3. The minimum Gasteiger partial charge on any atom is -0.406 e. The van der Waals surface area contributed by atoms with Gasteiger partial charge in [0.15, 0.2) is 0 Å². The van der Waals surface area contributed by atoms with Gasteiger partial charge in [0.05, 0.1) is 5.69 Å². The van der Waals surface area contributed by atoms with Crippen molar-refractivity contribution in [2.45, 2.75) is 44.5 Å². The van der Waals surface area contributed by atoms with Gasteiger partial charge >= 0.3 is 6.36 Å². The predicted octanol–water partition coefficient (Wildman–Crippen LogP) is 5.93. The first-order valence-electron chi connectivity index (χ1n) is 10.1. The van der Waals surface area contributed by atoms with Crippen LogP contribution in [0.4, 0.5) is 30.6 Å². The van der Waals surface area contributed by atoms with Crippen molar-refractivity contribution in [1.82, 2.24) is 15.0 Å². The van der Waals surface area contributed by atoms with Gasteiger partial charge in [-0.15, -0.1) is 13.2 Å². The van der Waals surface area contributed by atoms with Gasteiger partial charge in [0, 0.05) is 41.8 Å². The zero-order valence-corrected chi connectivity index (χ0v) is 16.7. The maximum absolute atomic E-state index is 12.5. The molecule has 162 valence electrons. The molecule has 0 unspecified atom stereocenters. The SMILES string of the molecule is FC(F)(F)Oc1cccc(Nc2cc(-c3cccnc3)nc(NC3CCCCC3)n2)c1. The van der Waals surface area contributed by atoms with Crippen molar-refractivity contribution >= 4 is 17.5 Å². The van der Waals surface area contributed by atoms with E-state index in [4.69, 9.17) is 0 Å². The number of nitrogens with zero attached hydrogens (tertiary/aromatic N) is 3. The standard InChI is InChI=1S/C22H22F3N5O/c23-22(24,25)31-18-10-4-9-17(12-18)27-20-13-19(15-6-5-11-26-14-15)29-21(30-20)28-16-7-2-1-3-8-16/h4-6,9-14,16H,1-3,7-8H2,(H2,27,28,29,30). The lowest BCUT2D eigenvalue weighted by atomic mass is 9.96. The Balaban J connectivity index is 1.61. The molecule has 1 aliphatic rings. The van der Waals surface area contributed by atoms with Crippen LogP contribution in [0.25, 0.3) is 11.3 Å². The molecule has 2 aromatic heterocycles. The van der Waals surface area contributed by atoms with Crippen LogP contribution in [0, 0.1) is 0 Å². The highest BCUT2D eigenvalue weighted by molar-refractivity contribution is 5.67. The van der Waals surface area contributed by atoms with Crippen LogP contribution in [0.2, 0.25) is 0 Å². The second-order valence-corrected chi connectivity index (χ2v) is 7.38. The molecule has 1 aliphatic carbocycles. The first-order chi connectivity index (χ1) is 14.9. The highest BCUT2D eigenvalue weighted by Crippen LogP contribution is 2.28. The Morgan fingerprint density at radius 2 is 1.81 bits per heavy atom. The summed E-state index contributed by atoms with van der Waals surface area (Å²) in [4.78, 5) is 13.3. The third kappa shape index (κ3) is 6.07. The van der Waals surface area contributed by atoms with Gasteiger partial charge in [-0.25, -0.2) is 4.98 Å². The third-order valence-electron chi connectivity index (χ3n) is 4.96. The van der Waals surface area contributed by atoms with Crippen molar-refractivity contribution in [3.05, 3.63) is 54.9 Å². The Kier molecular flexibility index (Phi) is 6.20. The number of nitrogens with one attached hydrogen (secondary N) is 2. The van der Waals surface area contributed by atoms with Crippen LogP contribution < -0.4 is 15.4 Å². The number of hydrogen-bond acceptors (Lipinski definition) is 6. The molecule has 1 fully saturated rings. The summed E-state index contributed by atoms with van der Waals surface area (Å²) in [6, 6.07) is 11.4. The first kappa shape index (κ1) is 20.9. The summed E-state index contributed by atoms with van der Waals surface area (Å²) >= 11 is 0. The van der Waals surface area contributed by atoms with Crippen LogP contribution in [0.1, 0.15) is 32.1 Å². The molecule has 0 radical (unpaired) electrons. The van der Waals surface area contributed by atoms with Crippen LogP contribution >= 0.6 is 0 Å². The van der Waals surface area contributed by atoms with Gasteiger partial charge in [-0.05, 0) is 37.1 Å². The van der Waals surface area contributed by atoms with Crippen molar-refractivity contribution in [1.29, 1.82) is 0 Å². The van der Waals surface area contributed by atoms with E-state index in [1.54, 1.807) is 24.5 Å². The Morgan fingerprint density at radius 3 is 2.55 bits per heavy atom. The number of aromatic nitrogens is 3. The van der Waals surface area contributed by atoms with E-state index in [0.717, 1.165) is 31.2 Å². The number of rotatable bonds is 6. The molecule has 1 aromatic carbocycles. The fourth-order valence-corrected chi connectivity index (χ4v) is 3.59. The summed E-state index contributed by atoms with van der Waals surface area (Å²) in [6.07, 6.45) is 4.30. The van der Waals surface area contributed by atoms with Crippen LogP contribution in [-0.2, 0) is 0 Å². The molecule has 31 heavy (non-hydrogen) atoms. The molecule has 9 heteroatoms. The molecule has 6 nitrogen and oxygen atoms in total. The number of anilines is 3. The Bertz CT molecular complexity index is 1010. The third-order valence-corrected chi connectivity index (χ3v) is 4.96. The van der Waals surface area contributed by atoms with Gasteiger partial charge in [0.25, 0.3) is 0 Å². The molecule has 2 N–H and O–H groups in total. The number of hydrogen-bond donors (Lipinski definition) is 2. The Morgan fingerprint density at radius 1 is 0.968 bits per heavy atom. The second-order valence-electron chi connectivity index (χ2n) is 7.38. The minimum absolute atomic E-state index is 0.300. The van der Waals surface area contributed by atoms with Crippen LogP contribution in [0.5, 0.6) is 5.75 Å². The summed E-state index contributed by atoms with van der Waals surface area (Å²) in [5, 5.41) is 6.46. The molecule has 3 aromatic rings. The zero-order chi connectivity index (χ0) is 21.7. The second kappa shape index (κ2) is 9.20. The van der Waals surface area contributed by atoms with E-state index in [1.807, 2.05) is 12.1 Å². The lowest BCUT2D eigenvalue weighted by Crippen LogP contribution is -2.23. The van der Waals surface area contributed by atoms with Crippen molar-refractivity contribution in [2.75, 3.05) is 10.6 Å². The minimum atomic E-state index is -4.75. The van der Waals surface area contributed by atoms with Gasteiger partial charge in [-0.2, -0.15) is 4.98 Å². The van der Waals surface area contributed by atoms with E-state index < -0.39 is 6.36 Å². The molecule has 4 rings (SSSR count). The lowest BCUT2D eigenvalue weighted by Gasteiger charge is -2.23. The lowest BCUT2D eigenvalue weighted by molar-refractivity contribution is -0.274. The normalized spacial score (nSPS) is 14.8. The molecule has 1 saturated carbocycles. The average molecular weight is 429 g/mol. The fourth-order valence-electron chi connectivity index (χ4n) is 3.59. The van der Waals surface area contributed by atoms with Gasteiger partial charge in [0.2, 0.25) is 5.95 Å². The maximum Gasteiger partial charge on any atom is 0.573 e. The summed E-state index contributed by atoms with van der Waals surface area (Å²) < 4.78 is 41.6. The summed E-state index contributed by atoms with van der Waals surface area (Å²) in [5.41, 5.74) is 1.89. The molecule has 0 bridgehead atoms. The monoisotopic (exact) mass is 429 g/mol. The van der Waals surface area contributed by atoms with Crippen LogP contribution in [-0.4, -0.2) is 27.4 Å². The molecule has 2 heterocycles. The first-order valence-corrected chi connectivity index (χ1v) is 10.1. The van der Waals surface area contributed by atoms with E-state index in [-0.39, 0.29) is 5.75 Å². The van der Waals surface area contributed by atoms with Crippen molar-refractivity contribution in [3.63, 3.8) is 0 Å². The van der Waals surface area contributed by atoms with E-state index in [9.17, 15) is 13.2 Å². The topological polar surface area (TPSA) is 72.0 Å². The van der Waals surface area contributed by atoms with Crippen molar-refractivity contribution in [3.8, 4) is 17.0 Å². The van der Waals surface area contributed by atoms with Crippen LogP contribution in [0.3, 0.4) is 0 Å².